The van der Waals surface area contributed by atoms with E-state index in [2.05, 4.69) is 273 Å². The zero-order chi connectivity index (χ0) is 78.5. The average molecular weight is 1620 g/mol. The normalized spacial score (nSPS) is 23.7. The van der Waals surface area contributed by atoms with Crippen molar-refractivity contribution in [2.75, 3.05) is 23.9 Å². The molecule has 4 unspecified atom stereocenters. The van der Waals surface area contributed by atoms with Crippen LogP contribution in [0.5, 0.6) is 0 Å². The van der Waals surface area contributed by atoms with Gasteiger partial charge in [0, 0.05) is 17.3 Å². The van der Waals surface area contributed by atoms with Crippen LogP contribution in [0.2, 0.25) is 0 Å². The molecule has 586 valence electrons. The predicted molar refractivity (Wildman–Crippen MR) is 431 cm³/mol. The first-order chi connectivity index (χ1) is 52.4. The Hall–Kier alpha value is -8.16. The van der Waals surface area contributed by atoms with Gasteiger partial charge in [0.2, 0.25) is 5.60 Å². The summed E-state index contributed by atoms with van der Waals surface area (Å²) in [6.07, 6.45) is 8.25. The summed E-state index contributed by atoms with van der Waals surface area (Å²) in [4.78, 5) is 59.7. The lowest BCUT2D eigenvalue weighted by molar-refractivity contribution is -0.182. The van der Waals surface area contributed by atoms with Crippen LogP contribution in [0.3, 0.4) is 0 Å². The van der Waals surface area contributed by atoms with Gasteiger partial charge in [-0.2, -0.15) is 0 Å². The second-order valence-electron chi connectivity index (χ2n) is 30.3. The van der Waals surface area contributed by atoms with Gasteiger partial charge in [0.15, 0.2) is 44.1 Å². The molecule has 4 atom stereocenters. The summed E-state index contributed by atoms with van der Waals surface area (Å²) < 4.78 is 111. The fourth-order valence-corrected chi connectivity index (χ4v) is 25.3. The molecule has 16 nitrogen and oxygen atoms in total. The van der Waals surface area contributed by atoms with Crippen molar-refractivity contribution < 1.29 is 72.3 Å². The molecule has 0 N–H and O–H groups in total. The topological polar surface area (TPSA) is 268 Å². The lowest BCUT2D eigenvalue weighted by atomic mass is 9.55. The van der Waals surface area contributed by atoms with Crippen molar-refractivity contribution in [2.45, 2.75) is 162 Å². The van der Waals surface area contributed by atoms with E-state index in [1.54, 1.807) is 20.8 Å². The van der Waals surface area contributed by atoms with Gasteiger partial charge >= 0.3 is 17.9 Å². The molecule has 7 saturated carbocycles. The molecule has 8 bridgehead atoms. The minimum atomic E-state index is -4.52. The summed E-state index contributed by atoms with van der Waals surface area (Å²) in [5.74, 6) is -1.88. The summed E-state index contributed by atoms with van der Waals surface area (Å²) in [6.45, 7) is 8.57. The summed E-state index contributed by atoms with van der Waals surface area (Å²) >= 11 is 0. The zero-order valence-corrected chi connectivity index (χ0v) is 67.2. The Morgan fingerprint density at radius 1 is 0.441 bits per heavy atom. The van der Waals surface area contributed by atoms with Crippen molar-refractivity contribution in [3.8, 4) is 0 Å². The summed E-state index contributed by atoms with van der Waals surface area (Å²) in [6, 6.07) is 96.5. The Bertz CT molecular complexity index is 4310. The van der Waals surface area contributed by atoms with E-state index < -0.39 is 94.0 Å². The van der Waals surface area contributed by atoms with Crippen molar-refractivity contribution in [2.24, 2.45) is 51.2 Å². The van der Waals surface area contributed by atoms with E-state index in [1.165, 1.54) is 50.5 Å². The first-order valence-corrected chi connectivity index (χ1v) is 45.4. The molecule has 0 aromatic heterocycles. The van der Waals surface area contributed by atoms with Crippen LogP contribution in [0, 0.1) is 51.2 Å². The molecule has 1 saturated heterocycles. The molecule has 9 aromatic carbocycles. The second-order valence-corrected chi connectivity index (χ2v) is 40.7. The minimum Gasteiger partial charge on any atom is -0.748 e. The number of fused-ring (bicyclic) bond motifs is 4. The number of benzene rings is 9. The van der Waals surface area contributed by atoms with Crippen LogP contribution in [0.25, 0.3) is 0 Å². The highest BCUT2D eigenvalue weighted by Gasteiger charge is 2.76. The Labute approximate surface area is 664 Å². The number of carbonyl (C=O) groups is 4. The SMILES string of the molecule is C.CC1(C)C2CCC1(CS(=O)(=O)[O-])C(=O)C2.CC12CCC(C(=O)OCCS(=O)(=O)[O-])(OC1=O)C2(C)C.O=C(CS(=O)(=O)[O-])OC1C2CC3CC(C2)CC1C3.c1ccc([S+](c2ccccc2)c2ccccc2)cc1.c1ccc([S+](c2ccccc2)c2ccccc2)cc1.c1ccc([S+](c2ccccc2)c2ccccc2)cc1. The number of rotatable bonds is 18. The number of ether oxygens (including phenoxy) is 3. The quantitative estimate of drug-likeness (QED) is 0.0334. The van der Waals surface area contributed by atoms with E-state index >= 15 is 0 Å². The largest absolute Gasteiger partial charge is 0.748 e. The van der Waals surface area contributed by atoms with Crippen molar-refractivity contribution in [3.05, 3.63) is 273 Å². The lowest BCUT2D eigenvalue weighted by Crippen LogP contribution is -2.50. The maximum atomic E-state index is 12.2. The number of esters is 3. The molecule has 7 aliphatic carbocycles. The maximum Gasteiger partial charge on any atom is 0.351 e. The molecule has 1 aliphatic heterocycles. The van der Waals surface area contributed by atoms with Gasteiger partial charge in [-0.15, -0.1) is 0 Å². The minimum absolute atomic E-state index is 0. The van der Waals surface area contributed by atoms with Gasteiger partial charge in [0.05, 0.1) is 69.8 Å². The summed E-state index contributed by atoms with van der Waals surface area (Å²) in [7, 11) is -13.3. The smallest absolute Gasteiger partial charge is 0.351 e. The van der Waals surface area contributed by atoms with E-state index in [4.69, 9.17) is 14.2 Å². The van der Waals surface area contributed by atoms with E-state index in [0.717, 1.165) is 43.9 Å². The number of hydrogen-bond acceptors (Lipinski definition) is 16. The highest BCUT2D eigenvalue weighted by Crippen LogP contribution is 2.66. The van der Waals surface area contributed by atoms with E-state index in [9.17, 15) is 58.1 Å². The molecular formula is C89H98O16S6. The predicted octanol–water partition coefficient (Wildman–Crippen LogP) is 17.0. The molecule has 8 aliphatic rings. The number of ketones is 1. The second kappa shape index (κ2) is 36.8. The van der Waals surface area contributed by atoms with Gasteiger partial charge in [-0.25, -0.2) is 30.0 Å². The third-order valence-electron chi connectivity index (χ3n) is 23.1. The van der Waals surface area contributed by atoms with Crippen LogP contribution in [0.4, 0.5) is 0 Å². The maximum absolute atomic E-state index is 12.2. The molecule has 0 amide bonds. The van der Waals surface area contributed by atoms with E-state index in [1.807, 2.05) is 13.8 Å². The lowest BCUT2D eigenvalue weighted by Gasteiger charge is -2.53. The fraction of sp³-hybridized carbons (Fsp3) is 0.348. The van der Waals surface area contributed by atoms with Crippen molar-refractivity contribution in [1.82, 2.24) is 0 Å². The first kappa shape index (κ1) is 85.3. The van der Waals surface area contributed by atoms with Crippen molar-refractivity contribution in [1.29, 1.82) is 0 Å². The Morgan fingerprint density at radius 3 is 0.991 bits per heavy atom. The van der Waals surface area contributed by atoms with Gasteiger partial charge in [0.25, 0.3) is 0 Å². The summed E-state index contributed by atoms with van der Waals surface area (Å²) in [5, 5.41) is 0. The molecule has 0 radical (unpaired) electrons. The molecular weight excluding hydrogens is 1520 g/mol. The van der Waals surface area contributed by atoms with Crippen LogP contribution in [0.15, 0.2) is 317 Å². The van der Waals surface area contributed by atoms with Gasteiger partial charge in [0.1, 0.15) is 34.4 Å². The van der Waals surface area contributed by atoms with Crippen LogP contribution < -0.4 is 0 Å². The molecule has 0 spiro atoms. The molecule has 17 rings (SSSR count). The monoisotopic (exact) mass is 1610 g/mol. The summed E-state index contributed by atoms with van der Waals surface area (Å²) in [5.41, 5.74) is -4.10. The van der Waals surface area contributed by atoms with Crippen molar-refractivity contribution in [3.63, 3.8) is 0 Å². The number of carbonyl (C=O) groups excluding carboxylic acids is 4. The van der Waals surface area contributed by atoms with Crippen LogP contribution in [-0.4, -0.2) is 98.2 Å². The first-order valence-electron chi connectivity index (χ1n) is 37.0. The van der Waals surface area contributed by atoms with Gasteiger partial charge in [-0.05, 0) is 209 Å². The number of hydrogen-bond donors (Lipinski definition) is 0. The molecule has 111 heavy (non-hydrogen) atoms. The molecule has 8 fully saturated rings. The van der Waals surface area contributed by atoms with Crippen LogP contribution in [-0.2, 0) is 96.4 Å². The standard InChI is InChI=1S/3C18H15S.C12H18O7S.C12H18O5S.C10H16O4S.CH4/c3*1-4-10-16(11-5-1)19(17-12-6-2-7-13-17)18-14-8-3-9-15-18;1-10(2)11(3)4-5-12(10,19-8(11)13)9(14)18-6-7-20(15,16)17;13-11(6-18(14,15)16)17-12-9-2-7-1-8(4-9)5-10(12)3-7;1-9(2)7-3-4-10(9,8(11)5-7)6-15(12,13)14;/h3*1-15H;4-7H2,1-3H3,(H,15,16,17);7-10,12H,1-6H2,(H,14,15,16);7H,3-6H2,1-2H3,(H,12,13,14);1H4/q3*+1;;;;/p-3. The van der Waals surface area contributed by atoms with E-state index in [-0.39, 0.29) is 63.3 Å². The van der Waals surface area contributed by atoms with Gasteiger partial charge in [-0.1, -0.05) is 199 Å². The van der Waals surface area contributed by atoms with Gasteiger partial charge < -0.3 is 27.9 Å². The van der Waals surface area contributed by atoms with Crippen LogP contribution >= 0.6 is 0 Å². The molecule has 22 heteroatoms. The number of Topliss-reactive ketones (excluding diaryl/α,β-unsaturated/α-hetero) is 1. The van der Waals surface area contributed by atoms with Gasteiger partial charge in [-0.3, -0.25) is 14.4 Å². The van der Waals surface area contributed by atoms with Crippen molar-refractivity contribution >= 4 is 86.7 Å². The Balaban J connectivity index is 0.000000142. The highest BCUT2D eigenvalue weighted by molar-refractivity contribution is 7.97. The Kier molecular flexibility index (Phi) is 28.2. The van der Waals surface area contributed by atoms with Crippen LogP contribution in [0.1, 0.15) is 106 Å². The molecule has 9 aromatic rings. The van der Waals surface area contributed by atoms with E-state index in [0.29, 0.717) is 37.5 Å². The highest BCUT2D eigenvalue weighted by atomic mass is 32.2. The zero-order valence-electron chi connectivity index (χ0n) is 62.3. The Morgan fingerprint density at radius 2 is 0.757 bits per heavy atom. The third kappa shape index (κ3) is 20.4. The fourth-order valence-electron chi connectivity index (χ4n) is 17.1. The third-order valence-corrected chi connectivity index (χ3v) is 31.8. The average Bonchev–Trinajstić information content (AvgIpc) is 1.52. The molecule has 1 heterocycles.